The van der Waals surface area contributed by atoms with Gasteiger partial charge in [0.05, 0.1) is 12.6 Å². The number of nitrogens with zero attached hydrogens (tertiary/aromatic N) is 1. The molecule has 0 N–H and O–H groups in total. The van der Waals surface area contributed by atoms with Gasteiger partial charge in [0.25, 0.3) is 5.56 Å². The predicted octanol–water partition coefficient (Wildman–Crippen LogP) is 2.42. The summed E-state index contributed by atoms with van der Waals surface area (Å²) in [6.07, 6.45) is 0.967. The minimum atomic E-state index is -0.0780. The lowest BCUT2D eigenvalue weighted by atomic mass is 10.1. The normalized spacial score (nSPS) is 10.8. The Morgan fingerprint density at radius 3 is 2.65 bits per heavy atom. The summed E-state index contributed by atoms with van der Waals surface area (Å²) >= 11 is 0. The molecule has 0 saturated carbocycles. The minimum absolute atomic E-state index is 0.0780. The number of pyridine rings is 1. The molecule has 3 heteroatoms. The molecule has 0 amide bonds. The Hall–Kier alpha value is -1.77. The summed E-state index contributed by atoms with van der Waals surface area (Å²) in [4.78, 5) is 12.1. The summed E-state index contributed by atoms with van der Waals surface area (Å²) in [5, 5.41) is 1.07. The number of fused-ring (bicyclic) bond motifs is 1. The van der Waals surface area contributed by atoms with Gasteiger partial charge in [0.15, 0.2) is 5.75 Å². The van der Waals surface area contributed by atoms with Crippen LogP contribution in [0.5, 0.6) is 5.75 Å². The molecule has 0 atom stereocenters. The van der Waals surface area contributed by atoms with Crippen LogP contribution in [0.2, 0.25) is 0 Å². The Labute approximate surface area is 101 Å². The number of benzene rings is 1. The third-order valence-electron chi connectivity index (χ3n) is 3.28. The number of rotatable bonds is 2. The van der Waals surface area contributed by atoms with Crippen LogP contribution >= 0.6 is 0 Å². The molecule has 1 heterocycles. The maximum absolute atomic E-state index is 12.1. The Balaban J connectivity index is 2.93. The fraction of sp³-hybridized carbons (Fsp3) is 0.357. The number of hydrogen-bond acceptors (Lipinski definition) is 2. The summed E-state index contributed by atoms with van der Waals surface area (Å²) < 4.78 is 6.84. The van der Waals surface area contributed by atoms with Crippen LogP contribution in [-0.2, 0) is 13.5 Å². The first-order chi connectivity index (χ1) is 8.10. The van der Waals surface area contributed by atoms with Gasteiger partial charge in [-0.25, -0.2) is 0 Å². The summed E-state index contributed by atoms with van der Waals surface area (Å²) in [5.74, 6) is 0.434. The van der Waals surface area contributed by atoms with Crippen LogP contribution in [0.4, 0.5) is 0 Å². The van der Waals surface area contributed by atoms with Gasteiger partial charge in [-0.2, -0.15) is 0 Å². The van der Waals surface area contributed by atoms with E-state index in [4.69, 9.17) is 4.74 Å². The average molecular weight is 231 g/mol. The summed E-state index contributed by atoms with van der Waals surface area (Å²) in [5.41, 5.74) is 3.03. The van der Waals surface area contributed by atoms with E-state index >= 15 is 0 Å². The van der Waals surface area contributed by atoms with Crippen LogP contribution in [0.3, 0.4) is 0 Å². The lowest BCUT2D eigenvalue weighted by Gasteiger charge is -2.12. The van der Waals surface area contributed by atoms with Crippen molar-refractivity contribution < 1.29 is 4.74 Å². The van der Waals surface area contributed by atoms with E-state index in [2.05, 4.69) is 25.1 Å². The quantitative estimate of drug-likeness (QED) is 0.794. The maximum atomic E-state index is 12.1. The number of aromatic nitrogens is 1. The van der Waals surface area contributed by atoms with Crippen molar-refractivity contribution in [2.24, 2.45) is 7.05 Å². The molecule has 2 aromatic rings. The molecule has 0 saturated heterocycles. The van der Waals surface area contributed by atoms with Crippen molar-refractivity contribution >= 4 is 10.9 Å². The summed E-state index contributed by atoms with van der Waals surface area (Å²) in [7, 11) is 3.32. The highest BCUT2D eigenvalue weighted by atomic mass is 16.5. The van der Waals surface area contributed by atoms with Crippen molar-refractivity contribution in [3.63, 3.8) is 0 Å². The Bertz CT molecular complexity index is 626. The molecule has 0 aliphatic heterocycles. The van der Waals surface area contributed by atoms with Gasteiger partial charge in [-0.3, -0.25) is 4.79 Å². The Kier molecular flexibility index (Phi) is 2.92. The van der Waals surface area contributed by atoms with Crippen molar-refractivity contribution in [1.82, 2.24) is 4.57 Å². The van der Waals surface area contributed by atoms with Crippen molar-refractivity contribution in [2.45, 2.75) is 20.3 Å². The topological polar surface area (TPSA) is 31.2 Å². The molecule has 0 spiro atoms. The third kappa shape index (κ3) is 1.71. The molecule has 0 unspecified atom stereocenters. The second-order valence-corrected chi connectivity index (χ2v) is 4.23. The molecular weight excluding hydrogens is 214 g/mol. The van der Waals surface area contributed by atoms with Crippen molar-refractivity contribution in [2.75, 3.05) is 7.11 Å². The molecule has 0 bridgehead atoms. The zero-order valence-corrected chi connectivity index (χ0v) is 10.7. The van der Waals surface area contributed by atoms with E-state index in [1.807, 2.05) is 6.92 Å². The monoisotopic (exact) mass is 231 g/mol. The van der Waals surface area contributed by atoms with E-state index < -0.39 is 0 Å². The Morgan fingerprint density at radius 2 is 2.06 bits per heavy atom. The van der Waals surface area contributed by atoms with E-state index in [9.17, 15) is 4.79 Å². The van der Waals surface area contributed by atoms with E-state index in [0.29, 0.717) is 5.75 Å². The van der Waals surface area contributed by atoms with E-state index in [0.717, 1.165) is 22.9 Å². The fourth-order valence-electron chi connectivity index (χ4n) is 2.18. The third-order valence-corrected chi connectivity index (χ3v) is 3.28. The average Bonchev–Trinajstić information content (AvgIpc) is 2.36. The number of hydrogen-bond donors (Lipinski definition) is 0. The van der Waals surface area contributed by atoms with Gasteiger partial charge in [-0.1, -0.05) is 19.1 Å². The SMILES string of the molecule is CCc1ccc2c(C)c(OC)c(=O)n(C)c2c1. The minimum Gasteiger partial charge on any atom is -0.491 e. The Morgan fingerprint density at radius 1 is 1.35 bits per heavy atom. The molecule has 0 aliphatic rings. The zero-order chi connectivity index (χ0) is 12.6. The summed E-state index contributed by atoms with van der Waals surface area (Å²) in [6, 6.07) is 6.23. The van der Waals surface area contributed by atoms with Crippen LogP contribution in [-0.4, -0.2) is 11.7 Å². The summed E-state index contributed by atoms with van der Waals surface area (Å²) in [6.45, 7) is 4.03. The maximum Gasteiger partial charge on any atom is 0.293 e. The molecular formula is C14H17NO2. The van der Waals surface area contributed by atoms with Gasteiger partial charge in [-0.15, -0.1) is 0 Å². The van der Waals surface area contributed by atoms with Crippen LogP contribution in [0, 0.1) is 6.92 Å². The van der Waals surface area contributed by atoms with Crippen molar-refractivity contribution in [3.8, 4) is 5.75 Å². The molecule has 17 heavy (non-hydrogen) atoms. The molecule has 3 nitrogen and oxygen atoms in total. The van der Waals surface area contributed by atoms with Crippen molar-refractivity contribution in [3.05, 3.63) is 39.7 Å². The van der Waals surface area contributed by atoms with Gasteiger partial charge < -0.3 is 9.30 Å². The second kappa shape index (κ2) is 4.24. The van der Waals surface area contributed by atoms with Gasteiger partial charge in [0, 0.05) is 18.0 Å². The number of methoxy groups -OCH3 is 1. The van der Waals surface area contributed by atoms with Crippen LogP contribution in [0.1, 0.15) is 18.1 Å². The molecule has 2 rings (SSSR count). The molecule has 0 aliphatic carbocycles. The largest absolute Gasteiger partial charge is 0.491 e. The fourth-order valence-corrected chi connectivity index (χ4v) is 2.18. The van der Waals surface area contributed by atoms with E-state index in [-0.39, 0.29) is 5.56 Å². The molecule has 1 aromatic carbocycles. The van der Waals surface area contributed by atoms with Crippen LogP contribution in [0.15, 0.2) is 23.0 Å². The lowest BCUT2D eigenvalue weighted by molar-refractivity contribution is 0.403. The molecule has 0 fully saturated rings. The van der Waals surface area contributed by atoms with Crippen molar-refractivity contribution in [1.29, 1.82) is 0 Å². The second-order valence-electron chi connectivity index (χ2n) is 4.23. The van der Waals surface area contributed by atoms with Crippen LogP contribution in [0.25, 0.3) is 10.9 Å². The highest BCUT2D eigenvalue weighted by Gasteiger charge is 2.12. The van der Waals surface area contributed by atoms with E-state index in [1.54, 1.807) is 11.6 Å². The highest BCUT2D eigenvalue weighted by molar-refractivity contribution is 5.85. The first-order valence-corrected chi connectivity index (χ1v) is 5.76. The van der Waals surface area contributed by atoms with Gasteiger partial charge >= 0.3 is 0 Å². The lowest BCUT2D eigenvalue weighted by Crippen LogP contribution is -2.20. The number of aryl methyl sites for hydroxylation is 3. The smallest absolute Gasteiger partial charge is 0.293 e. The molecule has 90 valence electrons. The van der Waals surface area contributed by atoms with Gasteiger partial charge in [-0.05, 0) is 25.0 Å². The predicted molar refractivity (Wildman–Crippen MR) is 69.9 cm³/mol. The van der Waals surface area contributed by atoms with E-state index in [1.165, 1.54) is 12.7 Å². The van der Waals surface area contributed by atoms with Gasteiger partial charge in [0.1, 0.15) is 0 Å². The van der Waals surface area contributed by atoms with Crippen LogP contribution < -0.4 is 10.3 Å². The first kappa shape index (κ1) is 11.7. The number of ether oxygens (including phenoxy) is 1. The molecule has 0 radical (unpaired) electrons. The van der Waals surface area contributed by atoms with Gasteiger partial charge in [0.2, 0.25) is 0 Å². The highest BCUT2D eigenvalue weighted by Crippen LogP contribution is 2.24. The zero-order valence-electron chi connectivity index (χ0n) is 10.7. The first-order valence-electron chi connectivity index (χ1n) is 5.76. The standard InChI is InChI=1S/C14H17NO2/c1-5-10-6-7-11-9(2)13(17-4)14(16)15(3)12(11)8-10/h6-8H,5H2,1-4H3. The molecule has 1 aromatic heterocycles.